The number of nitrogens with two attached hydrogens (primary N) is 1. The quantitative estimate of drug-likeness (QED) is 0.500. The minimum atomic E-state index is -0.296. The lowest BCUT2D eigenvalue weighted by atomic mass is 10.1. The minimum absolute atomic E-state index is 0.130. The van der Waals surface area contributed by atoms with E-state index >= 15 is 0 Å². The van der Waals surface area contributed by atoms with Crippen molar-refractivity contribution in [2.75, 3.05) is 25.3 Å². The maximum absolute atomic E-state index is 13.5. The van der Waals surface area contributed by atoms with Crippen LogP contribution in [0.25, 0.3) is 22.3 Å². The van der Waals surface area contributed by atoms with Crippen molar-refractivity contribution >= 4 is 22.8 Å². The summed E-state index contributed by atoms with van der Waals surface area (Å²) < 4.78 is 24.1. The first kappa shape index (κ1) is 19.4. The number of rotatable bonds is 6. The normalized spacial score (nSPS) is 10.8. The number of anilines is 2. The molecule has 2 aromatic heterocycles. The molecule has 0 amide bonds. The first-order valence-electron chi connectivity index (χ1n) is 9.22. The number of pyridine rings is 1. The molecule has 8 heteroatoms. The van der Waals surface area contributed by atoms with Gasteiger partial charge in [-0.25, -0.2) is 14.4 Å². The van der Waals surface area contributed by atoms with E-state index in [2.05, 4.69) is 15.3 Å². The van der Waals surface area contributed by atoms with E-state index in [9.17, 15) is 4.39 Å². The van der Waals surface area contributed by atoms with Gasteiger partial charge in [-0.05, 0) is 48.0 Å². The smallest absolute Gasteiger partial charge is 0.222 e. The fourth-order valence-electron chi connectivity index (χ4n) is 3.14. The molecule has 0 radical (unpaired) electrons. The van der Waals surface area contributed by atoms with E-state index < -0.39 is 0 Å². The third kappa shape index (κ3) is 3.93. The Bertz CT molecular complexity index is 1220. The van der Waals surface area contributed by atoms with Gasteiger partial charge in [0, 0.05) is 12.1 Å². The largest absolute Gasteiger partial charge is 0.493 e. The molecule has 0 bridgehead atoms. The maximum atomic E-state index is 13.5. The lowest BCUT2D eigenvalue weighted by Gasteiger charge is -2.12. The number of fused-ring (bicyclic) bond motifs is 1. The number of benzene rings is 2. The van der Waals surface area contributed by atoms with Gasteiger partial charge in [-0.1, -0.05) is 12.1 Å². The topological polar surface area (TPSA) is 95.2 Å². The van der Waals surface area contributed by atoms with E-state index in [1.54, 1.807) is 20.3 Å². The summed E-state index contributed by atoms with van der Waals surface area (Å²) in [5.41, 5.74) is 9.36. The highest BCUT2D eigenvalue weighted by molar-refractivity contribution is 5.88. The van der Waals surface area contributed by atoms with Crippen LogP contribution < -0.4 is 20.5 Å². The predicted octanol–water partition coefficient (Wildman–Crippen LogP) is 4.04. The zero-order valence-corrected chi connectivity index (χ0v) is 16.5. The van der Waals surface area contributed by atoms with Crippen LogP contribution in [0.5, 0.6) is 11.5 Å². The molecule has 4 rings (SSSR count). The van der Waals surface area contributed by atoms with Gasteiger partial charge in [-0.15, -0.1) is 0 Å². The predicted molar refractivity (Wildman–Crippen MR) is 114 cm³/mol. The minimum Gasteiger partial charge on any atom is -0.493 e. The van der Waals surface area contributed by atoms with E-state index in [-0.39, 0.29) is 11.8 Å². The van der Waals surface area contributed by atoms with E-state index in [4.69, 9.17) is 20.2 Å². The highest BCUT2D eigenvalue weighted by Crippen LogP contribution is 2.32. The Labute approximate surface area is 172 Å². The molecule has 0 aliphatic carbocycles. The number of nitrogens with zero attached hydrogens (tertiary/aromatic N) is 3. The van der Waals surface area contributed by atoms with Crippen LogP contribution in [0, 0.1) is 5.82 Å². The molecule has 3 N–H and O–H groups in total. The van der Waals surface area contributed by atoms with Gasteiger partial charge in [0.15, 0.2) is 17.3 Å². The zero-order valence-electron chi connectivity index (χ0n) is 16.5. The summed E-state index contributed by atoms with van der Waals surface area (Å²) in [6.07, 6.45) is 0. The van der Waals surface area contributed by atoms with Crippen molar-refractivity contribution in [2.45, 2.75) is 6.54 Å². The van der Waals surface area contributed by atoms with Crippen LogP contribution >= 0.6 is 0 Å². The molecule has 30 heavy (non-hydrogen) atoms. The molecule has 0 saturated heterocycles. The van der Waals surface area contributed by atoms with E-state index in [1.807, 2.05) is 36.4 Å². The zero-order chi connectivity index (χ0) is 21.1. The number of aromatic nitrogens is 3. The summed E-state index contributed by atoms with van der Waals surface area (Å²) in [5, 5.41) is 3.19. The number of hydrogen-bond donors (Lipinski definition) is 2. The molecule has 0 aliphatic heterocycles. The molecule has 0 atom stereocenters. The summed E-state index contributed by atoms with van der Waals surface area (Å²) in [5.74, 6) is 1.55. The van der Waals surface area contributed by atoms with Crippen LogP contribution in [0.2, 0.25) is 0 Å². The lowest BCUT2D eigenvalue weighted by molar-refractivity contribution is 0.355. The molecule has 4 aromatic rings. The van der Waals surface area contributed by atoms with Gasteiger partial charge in [0.25, 0.3) is 0 Å². The number of halogens is 1. The highest BCUT2D eigenvalue weighted by Gasteiger charge is 2.12. The average Bonchev–Trinajstić information content (AvgIpc) is 2.76. The monoisotopic (exact) mass is 405 g/mol. The average molecular weight is 405 g/mol. The lowest BCUT2D eigenvalue weighted by Crippen LogP contribution is -2.06. The Balaban J connectivity index is 1.72. The van der Waals surface area contributed by atoms with Gasteiger partial charge in [0.05, 0.1) is 25.4 Å². The third-order valence-corrected chi connectivity index (χ3v) is 4.59. The first-order valence-corrected chi connectivity index (χ1v) is 9.22. The van der Waals surface area contributed by atoms with Crippen molar-refractivity contribution in [3.63, 3.8) is 0 Å². The van der Waals surface area contributed by atoms with Gasteiger partial charge in [0.2, 0.25) is 5.95 Å². The number of methoxy groups -OCH3 is 2. The van der Waals surface area contributed by atoms with Crippen LogP contribution in [0.1, 0.15) is 5.56 Å². The number of ether oxygens (including phenoxy) is 2. The number of nitrogens with one attached hydrogen (secondary N) is 1. The second-order valence-corrected chi connectivity index (χ2v) is 6.55. The van der Waals surface area contributed by atoms with Gasteiger partial charge >= 0.3 is 0 Å². The van der Waals surface area contributed by atoms with E-state index in [0.717, 1.165) is 11.1 Å². The molecule has 2 aromatic carbocycles. The number of nitrogen functional groups attached to an aromatic ring is 1. The molecule has 0 saturated carbocycles. The van der Waals surface area contributed by atoms with Crippen LogP contribution in [0.4, 0.5) is 16.2 Å². The van der Waals surface area contributed by atoms with Gasteiger partial charge in [0.1, 0.15) is 11.3 Å². The van der Waals surface area contributed by atoms with Crippen LogP contribution in [-0.4, -0.2) is 29.2 Å². The fourth-order valence-corrected chi connectivity index (χ4v) is 3.14. The molecule has 2 heterocycles. The van der Waals surface area contributed by atoms with Crippen molar-refractivity contribution in [2.24, 2.45) is 0 Å². The molecule has 7 nitrogen and oxygen atoms in total. The second-order valence-electron chi connectivity index (χ2n) is 6.55. The molecule has 152 valence electrons. The van der Waals surface area contributed by atoms with Gasteiger partial charge in [-0.3, -0.25) is 0 Å². The first-order chi connectivity index (χ1) is 14.6. The highest BCUT2D eigenvalue weighted by atomic mass is 19.1. The Morgan fingerprint density at radius 2 is 1.77 bits per heavy atom. The van der Waals surface area contributed by atoms with E-state index in [1.165, 1.54) is 12.1 Å². The van der Waals surface area contributed by atoms with Crippen molar-refractivity contribution in [3.05, 3.63) is 66.0 Å². The van der Waals surface area contributed by atoms with Crippen molar-refractivity contribution in [3.8, 4) is 22.8 Å². The van der Waals surface area contributed by atoms with Crippen LogP contribution in [0.3, 0.4) is 0 Å². The molecule has 0 fully saturated rings. The Hall–Kier alpha value is -3.94. The summed E-state index contributed by atoms with van der Waals surface area (Å²) >= 11 is 0. The number of hydrogen-bond acceptors (Lipinski definition) is 7. The van der Waals surface area contributed by atoms with Crippen molar-refractivity contribution in [1.29, 1.82) is 0 Å². The van der Waals surface area contributed by atoms with Gasteiger partial charge < -0.3 is 20.5 Å². The summed E-state index contributed by atoms with van der Waals surface area (Å²) in [7, 11) is 3.17. The summed E-state index contributed by atoms with van der Waals surface area (Å²) in [6, 6.07) is 15.6. The molecule has 0 spiro atoms. The standard InChI is InChI=1S/C22H20FN5O2/c1-29-18-9-6-14(11-19(18)30-2)16-7-8-17-20(26-16)21(28-22(24)27-17)25-12-13-4-3-5-15(23)10-13/h3-11H,12H2,1-2H3,(H3,24,25,27,28). The maximum Gasteiger partial charge on any atom is 0.222 e. The second kappa shape index (κ2) is 8.20. The van der Waals surface area contributed by atoms with Gasteiger partial charge in [-0.2, -0.15) is 4.98 Å². The summed E-state index contributed by atoms with van der Waals surface area (Å²) in [6.45, 7) is 0.367. The molecular weight excluding hydrogens is 385 g/mol. The Morgan fingerprint density at radius 3 is 2.53 bits per heavy atom. The molecule has 0 aliphatic rings. The van der Waals surface area contributed by atoms with Crippen LogP contribution in [0.15, 0.2) is 54.6 Å². The SMILES string of the molecule is COc1ccc(-c2ccc3nc(N)nc(NCc4cccc(F)c4)c3n2)cc1OC. The van der Waals surface area contributed by atoms with Crippen LogP contribution in [-0.2, 0) is 6.54 Å². The third-order valence-electron chi connectivity index (χ3n) is 4.59. The Morgan fingerprint density at radius 1 is 0.933 bits per heavy atom. The molecule has 0 unspecified atom stereocenters. The fraction of sp³-hybridized carbons (Fsp3) is 0.136. The van der Waals surface area contributed by atoms with E-state index in [0.29, 0.717) is 40.6 Å². The molecular formula is C22H20FN5O2. The van der Waals surface area contributed by atoms with Crippen molar-refractivity contribution < 1.29 is 13.9 Å². The Kier molecular flexibility index (Phi) is 5.30. The van der Waals surface area contributed by atoms with Crippen molar-refractivity contribution in [1.82, 2.24) is 15.0 Å². The summed E-state index contributed by atoms with van der Waals surface area (Å²) in [4.78, 5) is 13.3.